The quantitative estimate of drug-likeness (QED) is 0.393. The van der Waals surface area contributed by atoms with Crippen LogP contribution in [-0.2, 0) is 21.7 Å². The molecule has 1 nitrogen and oxygen atoms in total. The second-order valence-corrected chi connectivity index (χ2v) is 8.18. The van der Waals surface area contributed by atoms with Crippen molar-refractivity contribution in [3.8, 4) is 0 Å². The Hall–Kier alpha value is -0.0957. The third-order valence-electron chi connectivity index (χ3n) is 1.51. The molecule has 0 saturated carbocycles. The van der Waals surface area contributed by atoms with E-state index in [1.165, 1.54) is 5.70 Å². The molecule has 0 aliphatic heterocycles. The third kappa shape index (κ3) is 12.0. The van der Waals surface area contributed by atoms with Crippen molar-refractivity contribution in [3.05, 3.63) is 48.7 Å². The van der Waals surface area contributed by atoms with Crippen LogP contribution >= 0.6 is 7.05 Å². The summed E-state index contributed by atoms with van der Waals surface area (Å²) in [6.07, 6.45) is 12.9. The molecule has 0 saturated heterocycles. The Balaban J connectivity index is 0. The molecule has 1 aliphatic rings. The van der Waals surface area contributed by atoms with Gasteiger partial charge in [-0.1, -0.05) is 37.0 Å². The Morgan fingerprint density at radius 2 is 2.00 bits per heavy atom. The average molecular weight is 271 g/mol. The predicted octanol–water partition coefficient (Wildman–Crippen LogP) is 4.67. The van der Waals surface area contributed by atoms with Crippen LogP contribution in [0.4, 0.5) is 0 Å². The molecule has 0 radical (unpaired) electrons. The van der Waals surface area contributed by atoms with E-state index in [0.717, 1.165) is 6.42 Å². The summed E-state index contributed by atoms with van der Waals surface area (Å²) in [5.74, 6) is 0. The third-order valence-corrected chi connectivity index (χ3v) is 2.37. The number of hydrogen-bond acceptors (Lipinski definition) is 1. The molecule has 0 aromatic rings. The van der Waals surface area contributed by atoms with Crippen molar-refractivity contribution in [2.24, 2.45) is 4.74 Å². The van der Waals surface area contributed by atoms with Crippen molar-refractivity contribution in [2.45, 2.75) is 13.3 Å². The summed E-state index contributed by atoms with van der Waals surface area (Å²) in [6.45, 7) is 12.1. The van der Waals surface area contributed by atoms with Gasteiger partial charge in [-0.2, -0.15) is 0 Å². The summed E-state index contributed by atoms with van der Waals surface area (Å²) >= 11 is 0. The standard InChI is InChI=1S/C8H14NP.C5H8.Ti/c1-10(2,3)9-8-6-4-5-7-8;1-3-5-4-2;/h4-6H,7H2,1-3H3;3-5H,1H2,2H3;. The minimum atomic E-state index is -0.948. The van der Waals surface area contributed by atoms with Crippen LogP contribution in [-0.4, -0.2) is 20.0 Å². The maximum absolute atomic E-state index is 4.62. The minimum Gasteiger partial charge on any atom is -0.272 e. The molecule has 0 fully saturated rings. The van der Waals surface area contributed by atoms with E-state index in [-0.39, 0.29) is 21.7 Å². The number of rotatable bonds is 2. The van der Waals surface area contributed by atoms with Gasteiger partial charge in [-0.15, -0.1) is 0 Å². The van der Waals surface area contributed by atoms with E-state index >= 15 is 0 Å². The van der Waals surface area contributed by atoms with Crippen LogP contribution in [0, 0.1) is 0 Å². The maximum Gasteiger partial charge on any atom is 0.0424 e. The first kappa shape index (κ1) is 18.3. The zero-order chi connectivity index (χ0) is 11.7. The van der Waals surface area contributed by atoms with Gasteiger partial charge >= 0.3 is 0 Å². The van der Waals surface area contributed by atoms with Crippen LogP contribution in [0.5, 0.6) is 0 Å². The van der Waals surface area contributed by atoms with Crippen molar-refractivity contribution < 1.29 is 21.7 Å². The summed E-state index contributed by atoms with van der Waals surface area (Å²) in [5, 5.41) is 0. The Bertz CT molecular complexity index is 324. The molecule has 16 heavy (non-hydrogen) atoms. The minimum absolute atomic E-state index is 0. The molecule has 1 rings (SSSR count). The summed E-state index contributed by atoms with van der Waals surface area (Å²) in [7, 11) is -0.948. The first-order valence-electron chi connectivity index (χ1n) is 5.13. The number of allylic oxidation sites excluding steroid dienone is 6. The Kier molecular flexibility index (Phi) is 11.5. The van der Waals surface area contributed by atoms with Crippen molar-refractivity contribution in [1.29, 1.82) is 0 Å². The van der Waals surface area contributed by atoms with Gasteiger partial charge in [0.15, 0.2) is 0 Å². The number of hydrogen-bond donors (Lipinski definition) is 0. The SMILES string of the molecule is C=CC=CC.CP(C)(C)=NC1=CC=CC1.[Ti]. The fraction of sp³-hybridized carbons (Fsp3) is 0.385. The summed E-state index contributed by atoms with van der Waals surface area (Å²) in [5.41, 5.74) is 1.25. The molecule has 1 aliphatic carbocycles. The molecule has 0 N–H and O–H groups in total. The van der Waals surface area contributed by atoms with Crippen LogP contribution in [0.1, 0.15) is 13.3 Å². The maximum atomic E-state index is 4.62. The monoisotopic (exact) mass is 271 g/mol. The zero-order valence-corrected chi connectivity index (χ0v) is 13.2. The normalized spacial score (nSPS) is 13.6. The second kappa shape index (κ2) is 10.1. The number of nitrogens with zero attached hydrogens (tertiary/aromatic N) is 1. The first-order chi connectivity index (χ1) is 6.99. The van der Waals surface area contributed by atoms with E-state index in [2.05, 4.69) is 49.5 Å². The van der Waals surface area contributed by atoms with Crippen LogP contribution in [0.3, 0.4) is 0 Å². The molecular formula is C13H22NPTi. The molecule has 3 heteroatoms. The fourth-order valence-corrected chi connectivity index (χ4v) is 1.95. The second-order valence-electron chi connectivity index (χ2n) is 4.09. The Labute approximate surface area is 115 Å². The molecule has 0 heterocycles. The van der Waals surface area contributed by atoms with Crippen molar-refractivity contribution >= 4 is 7.05 Å². The predicted molar refractivity (Wildman–Crippen MR) is 74.0 cm³/mol. The topological polar surface area (TPSA) is 12.4 Å². The summed E-state index contributed by atoms with van der Waals surface area (Å²) in [4.78, 5) is 0. The van der Waals surface area contributed by atoms with Gasteiger partial charge in [-0.3, -0.25) is 4.74 Å². The molecule has 0 aromatic heterocycles. The van der Waals surface area contributed by atoms with Gasteiger partial charge < -0.3 is 0 Å². The van der Waals surface area contributed by atoms with E-state index in [9.17, 15) is 0 Å². The molecule has 0 amide bonds. The van der Waals surface area contributed by atoms with E-state index in [0.29, 0.717) is 0 Å². The summed E-state index contributed by atoms with van der Waals surface area (Å²) < 4.78 is 4.62. The van der Waals surface area contributed by atoms with Gasteiger partial charge in [-0.05, 0) is 40.0 Å². The van der Waals surface area contributed by atoms with Crippen LogP contribution < -0.4 is 0 Å². The van der Waals surface area contributed by atoms with E-state index in [1.807, 2.05) is 19.1 Å². The van der Waals surface area contributed by atoms with Gasteiger partial charge in [-0.25, -0.2) is 0 Å². The Morgan fingerprint density at radius 3 is 2.25 bits per heavy atom. The fourth-order valence-electron chi connectivity index (χ4n) is 1.03. The van der Waals surface area contributed by atoms with Gasteiger partial charge in [0, 0.05) is 33.8 Å². The van der Waals surface area contributed by atoms with Crippen LogP contribution in [0.25, 0.3) is 0 Å². The molecule has 0 atom stereocenters. The van der Waals surface area contributed by atoms with E-state index < -0.39 is 7.05 Å². The average Bonchev–Trinajstić information content (AvgIpc) is 2.56. The van der Waals surface area contributed by atoms with Gasteiger partial charge in [0.05, 0.1) is 0 Å². The molecule has 0 spiro atoms. The molecule has 0 bridgehead atoms. The molecular weight excluding hydrogens is 249 g/mol. The first-order valence-corrected chi connectivity index (χ1v) is 8.22. The van der Waals surface area contributed by atoms with Crippen molar-refractivity contribution in [3.63, 3.8) is 0 Å². The summed E-state index contributed by atoms with van der Waals surface area (Å²) in [6, 6.07) is 0. The van der Waals surface area contributed by atoms with E-state index in [1.54, 1.807) is 6.08 Å². The van der Waals surface area contributed by atoms with Crippen molar-refractivity contribution in [2.75, 3.05) is 20.0 Å². The Morgan fingerprint density at radius 1 is 1.38 bits per heavy atom. The van der Waals surface area contributed by atoms with Crippen LogP contribution in [0.15, 0.2) is 53.5 Å². The van der Waals surface area contributed by atoms with Crippen LogP contribution in [0.2, 0.25) is 0 Å². The molecule has 0 unspecified atom stereocenters. The van der Waals surface area contributed by atoms with Gasteiger partial charge in [0.25, 0.3) is 0 Å². The van der Waals surface area contributed by atoms with Gasteiger partial charge in [0.2, 0.25) is 0 Å². The zero-order valence-electron chi connectivity index (χ0n) is 10.8. The van der Waals surface area contributed by atoms with E-state index in [4.69, 9.17) is 0 Å². The van der Waals surface area contributed by atoms with Crippen molar-refractivity contribution in [1.82, 2.24) is 0 Å². The molecule has 88 valence electrons. The largest absolute Gasteiger partial charge is 0.272 e. The molecule has 0 aromatic carbocycles. The smallest absolute Gasteiger partial charge is 0.0424 e. The van der Waals surface area contributed by atoms with Gasteiger partial charge in [0.1, 0.15) is 0 Å².